The van der Waals surface area contributed by atoms with Crippen LogP contribution in [-0.2, 0) is 4.74 Å². The van der Waals surface area contributed by atoms with Gasteiger partial charge in [0, 0.05) is 20.7 Å². The van der Waals surface area contributed by atoms with Crippen LogP contribution in [0, 0.1) is 5.92 Å². The molecule has 0 aromatic heterocycles. The summed E-state index contributed by atoms with van der Waals surface area (Å²) >= 11 is 0. The molecule has 2 atom stereocenters. The van der Waals surface area contributed by atoms with E-state index in [0.717, 1.165) is 18.8 Å². The topological polar surface area (TPSA) is 37.2 Å². The summed E-state index contributed by atoms with van der Waals surface area (Å²) in [4.78, 5) is 10.8. The van der Waals surface area contributed by atoms with Gasteiger partial charge in [-0.15, -0.1) is 0 Å². The van der Waals surface area contributed by atoms with Crippen LogP contribution in [0.5, 0.6) is 0 Å². The van der Waals surface area contributed by atoms with Crippen LogP contribution < -0.4 is 0 Å². The first kappa shape index (κ1) is 12.2. The fourth-order valence-corrected chi connectivity index (χ4v) is 1.77. The van der Waals surface area contributed by atoms with E-state index in [9.17, 15) is 0 Å². The number of aliphatic imine (C=N–C) groups is 2. The van der Waals surface area contributed by atoms with Crippen LogP contribution in [0.15, 0.2) is 9.98 Å². The van der Waals surface area contributed by atoms with Gasteiger partial charge in [-0.2, -0.15) is 0 Å². The fourth-order valence-electron chi connectivity index (χ4n) is 1.77. The van der Waals surface area contributed by atoms with E-state index in [1.165, 1.54) is 0 Å². The summed E-state index contributed by atoms with van der Waals surface area (Å²) < 4.78 is 5.44. The summed E-state index contributed by atoms with van der Waals surface area (Å²) in [6.45, 7) is 7.26. The van der Waals surface area contributed by atoms with Crippen molar-refractivity contribution in [2.75, 3.05) is 20.7 Å². The number of methoxy groups -OCH3 is 1. The Balaban J connectivity index is 2.83. The van der Waals surface area contributed by atoms with Gasteiger partial charge in [0.2, 0.25) is 0 Å². The Kier molecular flexibility index (Phi) is 3.85. The van der Waals surface area contributed by atoms with Gasteiger partial charge in [0.15, 0.2) is 5.72 Å². The zero-order valence-electron chi connectivity index (χ0n) is 10.3. The van der Waals surface area contributed by atoms with Crippen molar-refractivity contribution in [3.8, 4) is 0 Å². The van der Waals surface area contributed by atoms with Crippen molar-refractivity contribution < 1.29 is 4.74 Å². The third-order valence-electron chi connectivity index (χ3n) is 3.06. The Morgan fingerprint density at radius 2 is 2.27 bits per heavy atom. The second-order valence-corrected chi connectivity index (χ2v) is 4.13. The van der Waals surface area contributed by atoms with Gasteiger partial charge in [-0.25, -0.2) is 9.98 Å². The van der Waals surface area contributed by atoms with Gasteiger partial charge in [-0.1, -0.05) is 13.8 Å². The Morgan fingerprint density at radius 3 is 2.80 bits per heavy atom. The van der Waals surface area contributed by atoms with Crippen molar-refractivity contribution in [3.63, 3.8) is 0 Å². The molecule has 1 heterocycles. The molecule has 2 unspecified atom stereocenters. The van der Waals surface area contributed by atoms with Crippen molar-refractivity contribution in [2.45, 2.75) is 32.9 Å². The molecule has 0 saturated heterocycles. The molecule has 0 fully saturated rings. The van der Waals surface area contributed by atoms with E-state index in [0.29, 0.717) is 0 Å². The van der Waals surface area contributed by atoms with Crippen molar-refractivity contribution in [1.82, 2.24) is 4.90 Å². The average molecular weight is 211 g/mol. The Bertz CT molecular complexity index is 275. The average Bonchev–Trinajstić information content (AvgIpc) is 2.22. The summed E-state index contributed by atoms with van der Waals surface area (Å²) in [5.41, 5.74) is -0.473. The number of hydrogen-bond acceptors (Lipinski definition) is 4. The molecule has 0 radical (unpaired) electrons. The molecule has 86 valence electrons. The number of nitrogens with zero attached hydrogens (tertiary/aromatic N) is 3. The maximum atomic E-state index is 5.44. The molecule has 0 amide bonds. The third-order valence-corrected chi connectivity index (χ3v) is 3.06. The van der Waals surface area contributed by atoms with Crippen molar-refractivity contribution in [1.29, 1.82) is 0 Å². The predicted molar refractivity (Wildman–Crippen MR) is 63.4 cm³/mol. The Morgan fingerprint density at radius 1 is 1.60 bits per heavy atom. The first-order valence-corrected chi connectivity index (χ1v) is 5.42. The van der Waals surface area contributed by atoms with Crippen LogP contribution >= 0.6 is 0 Å². The lowest BCUT2D eigenvalue weighted by molar-refractivity contribution is -0.0131. The van der Waals surface area contributed by atoms with Crippen LogP contribution in [0.1, 0.15) is 27.2 Å². The van der Waals surface area contributed by atoms with Gasteiger partial charge in [0.1, 0.15) is 12.2 Å². The maximum Gasteiger partial charge on any atom is 0.167 e. The van der Waals surface area contributed by atoms with E-state index < -0.39 is 5.72 Å². The summed E-state index contributed by atoms with van der Waals surface area (Å²) in [5.74, 6) is 1.24. The number of rotatable bonds is 3. The summed E-state index contributed by atoms with van der Waals surface area (Å²) in [6.07, 6.45) is 2.72. The largest absolute Gasteiger partial charge is 0.363 e. The SMILES string of the molecule is CCCN(C)C1=NC=NC(C)(OC)C1C. The molecule has 0 bridgehead atoms. The lowest BCUT2D eigenvalue weighted by atomic mass is 9.96. The van der Waals surface area contributed by atoms with E-state index in [4.69, 9.17) is 4.74 Å². The maximum absolute atomic E-state index is 5.44. The first-order chi connectivity index (χ1) is 7.05. The van der Waals surface area contributed by atoms with E-state index in [-0.39, 0.29) is 5.92 Å². The number of amidine groups is 1. The highest BCUT2D eigenvalue weighted by Gasteiger charge is 2.36. The lowest BCUT2D eigenvalue weighted by Crippen LogP contribution is -2.46. The minimum atomic E-state index is -0.473. The highest BCUT2D eigenvalue weighted by atomic mass is 16.5. The zero-order chi connectivity index (χ0) is 11.5. The van der Waals surface area contributed by atoms with E-state index in [1.807, 2.05) is 6.92 Å². The molecule has 0 aliphatic carbocycles. The molecule has 15 heavy (non-hydrogen) atoms. The minimum absolute atomic E-state index is 0.184. The predicted octanol–water partition coefficient (Wildman–Crippen LogP) is 1.77. The van der Waals surface area contributed by atoms with Gasteiger partial charge in [0.25, 0.3) is 0 Å². The van der Waals surface area contributed by atoms with Crippen LogP contribution in [0.4, 0.5) is 0 Å². The smallest absolute Gasteiger partial charge is 0.167 e. The molecule has 0 N–H and O–H groups in total. The quantitative estimate of drug-likeness (QED) is 0.713. The van der Waals surface area contributed by atoms with Crippen molar-refractivity contribution in [3.05, 3.63) is 0 Å². The van der Waals surface area contributed by atoms with Gasteiger partial charge in [-0.05, 0) is 13.3 Å². The Hall–Kier alpha value is -0.900. The molecule has 0 aromatic carbocycles. The third kappa shape index (κ3) is 2.37. The van der Waals surface area contributed by atoms with Gasteiger partial charge < -0.3 is 9.64 Å². The van der Waals surface area contributed by atoms with Crippen LogP contribution in [0.3, 0.4) is 0 Å². The minimum Gasteiger partial charge on any atom is -0.363 e. The second-order valence-electron chi connectivity index (χ2n) is 4.13. The van der Waals surface area contributed by atoms with Crippen LogP contribution in [0.25, 0.3) is 0 Å². The monoisotopic (exact) mass is 211 g/mol. The van der Waals surface area contributed by atoms with Crippen molar-refractivity contribution >= 4 is 12.2 Å². The molecule has 1 aliphatic heterocycles. The molecule has 4 heteroatoms. The normalized spacial score (nSPS) is 30.2. The summed E-state index contributed by atoms with van der Waals surface area (Å²) in [7, 11) is 3.75. The summed E-state index contributed by atoms with van der Waals surface area (Å²) in [5, 5.41) is 0. The standard InChI is InChI=1S/C11H21N3O/c1-6-7-14(4)10-9(2)11(3,15-5)13-8-12-10/h8-9H,6-7H2,1-5H3. The fraction of sp³-hybridized carbons (Fsp3) is 0.818. The van der Waals surface area contributed by atoms with E-state index >= 15 is 0 Å². The molecule has 0 spiro atoms. The van der Waals surface area contributed by atoms with E-state index in [2.05, 4.69) is 35.8 Å². The number of ether oxygens (including phenoxy) is 1. The molecular formula is C11H21N3O. The summed E-state index contributed by atoms with van der Waals surface area (Å²) in [6, 6.07) is 0. The molecule has 1 rings (SSSR count). The van der Waals surface area contributed by atoms with Gasteiger partial charge in [0.05, 0.1) is 5.92 Å². The van der Waals surface area contributed by atoms with Crippen LogP contribution in [-0.4, -0.2) is 43.5 Å². The first-order valence-electron chi connectivity index (χ1n) is 5.42. The Labute approximate surface area is 92.0 Å². The molecule has 0 saturated carbocycles. The number of hydrogen-bond donors (Lipinski definition) is 0. The van der Waals surface area contributed by atoms with Crippen molar-refractivity contribution in [2.24, 2.45) is 15.9 Å². The molecule has 0 aromatic rings. The molecule has 1 aliphatic rings. The second kappa shape index (κ2) is 4.75. The molecule has 4 nitrogen and oxygen atoms in total. The van der Waals surface area contributed by atoms with E-state index in [1.54, 1.807) is 13.4 Å². The highest BCUT2D eigenvalue weighted by Crippen LogP contribution is 2.27. The van der Waals surface area contributed by atoms with Crippen LogP contribution in [0.2, 0.25) is 0 Å². The van der Waals surface area contributed by atoms with Gasteiger partial charge in [-0.3, -0.25) is 0 Å². The highest BCUT2D eigenvalue weighted by molar-refractivity contribution is 5.92. The zero-order valence-corrected chi connectivity index (χ0v) is 10.3. The molecular weight excluding hydrogens is 190 g/mol. The van der Waals surface area contributed by atoms with Gasteiger partial charge >= 0.3 is 0 Å². The lowest BCUT2D eigenvalue weighted by Gasteiger charge is -2.36.